The number of aromatic nitrogens is 1. The van der Waals surface area contributed by atoms with E-state index in [1.54, 1.807) is 13.0 Å². The quantitative estimate of drug-likeness (QED) is 0.866. The van der Waals surface area contributed by atoms with Gasteiger partial charge in [0.2, 0.25) is 0 Å². The summed E-state index contributed by atoms with van der Waals surface area (Å²) in [6, 6.07) is 8.90. The Morgan fingerprint density at radius 1 is 1.23 bits per heavy atom. The Labute approximate surface area is 148 Å². The number of nitrogens with zero attached hydrogens (tertiary/aromatic N) is 1. The molecule has 4 nitrogen and oxygen atoms in total. The van der Waals surface area contributed by atoms with Crippen molar-refractivity contribution in [2.75, 3.05) is 6.61 Å². The summed E-state index contributed by atoms with van der Waals surface area (Å²) in [7, 11) is 0. The van der Waals surface area contributed by atoms with Crippen LogP contribution in [0.1, 0.15) is 30.3 Å². The number of allylic oxidation sites excluding steroid dienone is 1. The summed E-state index contributed by atoms with van der Waals surface area (Å²) in [6.07, 6.45) is -4.91. The van der Waals surface area contributed by atoms with E-state index in [9.17, 15) is 23.1 Å². The minimum Gasteiger partial charge on any atom is -0.507 e. The van der Waals surface area contributed by atoms with E-state index >= 15 is 0 Å². The third-order valence-corrected chi connectivity index (χ3v) is 4.38. The number of carbonyl (C=O) groups is 1. The number of alkyl halides is 3. The molecule has 1 aliphatic rings. The van der Waals surface area contributed by atoms with E-state index in [2.05, 4.69) is 0 Å². The Balaban J connectivity index is 2.04. The van der Waals surface area contributed by atoms with Gasteiger partial charge >= 0.3 is 6.18 Å². The first-order valence-electron chi connectivity index (χ1n) is 8.22. The number of ketones is 1. The number of hydrogen-bond acceptors (Lipinski definition) is 3. The van der Waals surface area contributed by atoms with Gasteiger partial charge in [-0.2, -0.15) is 13.2 Å². The molecule has 0 fully saturated rings. The molecule has 2 aromatic rings. The fourth-order valence-corrected chi connectivity index (χ4v) is 3.28. The van der Waals surface area contributed by atoms with E-state index in [0.29, 0.717) is 12.3 Å². The molecule has 0 radical (unpaired) electrons. The van der Waals surface area contributed by atoms with Gasteiger partial charge in [0, 0.05) is 28.2 Å². The summed E-state index contributed by atoms with van der Waals surface area (Å²) < 4.78 is 45.4. The minimum atomic E-state index is -4.99. The Morgan fingerprint density at radius 3 is 2.46 bits per heavy atom. The van der Waals surface area contributed by atoms with Crippen molar-refractivity contribution in [1.29, 1.82) is 0 Å². The third-order valence-electron chi connectivity index (χ3n) is 4.38. The minimum absolute atomic E-state index is 0.155. The van der Waals surface area contributed by atoms with Gasteiger partial charge in [-0.25, -0.2) is 0 Å². The lowest BCUT2D eigenvalue weighted by Gasteiger charge is -2.20. The van der Waals surface area contributed by atoms with Crippen molar-refractivity contribution < 1.29 is 27.8 Å². The highest BCUT2D eigenvalue weighted by Gasteiger charge is 2.43. The van der Waals surface area contributed by atoms with Crippen LogP contribution in [0.15, 0.2) is 35.9 Å². The molecule has 0 spiro atoms. The molecule has 138 valence electrons. The third kappa shape index (κ3) is 3.09. The maximum Gasteiger partial charge on any atom is 0.454 e. The first kappa shape index (κ1) is 18.1. The lowest BCUT2D eigenvalue weighted by molar-refractivity contribution is -0.166. The van der Waals surface area contributed by atoms with Crippen molar-refractivity contribution in [2.45, 2.75) is 32.9 Å². The molecule has 1 heterocycles. The molecule has 1 aliphatic carbocycles. The molecule has 0 saturated carbocycles. The Hall–Kier alpha value is -2.70. The van der Waals surface area contributed by atoms with Gasteiger partial charge in [0.15, 0.2) is 0 Å². The molecule has 1 aromatic heterocycles. The van der Waals surface area contributed by atoms with Gasteiger partial charge in [-0.05, 0) is 57.0 Å². The van der Waals surface area contributed by atoms with Crippen LogP contribution in [0.5, 0.6) is 5.75 Å². The number of aryl methyl sites for hydroxylation is 1. The van der Waals surface area contributed by atoms with E-state index in [0.717, 1.165) is 17.1 Å². The number of Topliss-reactive ketones (excluding diaryl/α,β-unsaturated/α-hetero) is 1. The highest BCUT2D eigenvalue weighted by Crippen LogP contribution is 2.37. The number of halogens is 3. The molecule has 0 bridgehead atoms. The van der Waals surface area contributed by atoms with E-state index in [1.165, 1.54) is 0 Å². The fraction of sp³-hybridized carbons (Fsp3) is 0.316. The summed E-state index contributed by atoms with van der Waals surface area (Å²) in [5, 5.41) is 10.3. The maximum absolute atomic E-state index is 12.7. The Kier molecular flexibility index (Phi) is 4.56. The summed E-state index contributed by atoms with van der Waals surface area (Å²) in [5.74, 6) is -1.84. The Morgan fingerprint density at radius 2 is 1.88 bits per heavy atom. The zero-order chi connectivity index (χ0) is 19.1. The smallest absolute Gasteiger partial charge is 0.454 e. The zero-order valence-electron chi connectivity index (χ0n) is 14.4. The number of aliphatic hydroxyl groups is 1. The molecule has 0 unspecified atom stereocenters. The van der Waals surface area contributed by atoms with E-state index < -0.39 is 23.3 Å². The van der Waals surface area contributed by atoms with Crippen molar-refractivity contribution in [2.24, 2.45) is 0 Å². The Bertz CT molecular complexity index is 877. The average molecular weight is 365 g/mol. The molecule has 0 atom stereocenters. The summed E-state index contributed by atoms with van der Waals surface area (Å²) in [6.45, 7) is 4.23. The van der Waals surface area contributed by atoms with E-state index in [1.807, 2.05) is 35.8 Å². The molecule has 1 aromatic carbocycles. The molecule has 7 heteroatoms. The second kappa shape index (κ2) is 6.55. The predicted octanol–water partition coefficient (Wildman–Crippen LogP) is 4.53. The molecule has 1 N–H and O–H groups in total. The van der Waals surface area contributed by atoms with Crippen LogP contribution >= 0.6 is 0 Å². The van der Waals surface area contributed by atoms with Gasteiger partial charge in [0.25, 0.3) is 5.78 Å². The van der Waals surface area contributed by atoms with Crippen molar-refractivity contribution in [3.05, 3.63) is 52.9 Å². The molecule has 26 heavy (non-hydrogen) atoms. The number of fused-ring (bicyclic) bond motifs is 1. The number of hydrogen-bond donors (Lipinski definition) is 1. The monoisotopic (exact) mass is 365 g/mol. The fourth-order valence-electron chi connectivity index (χ4n) is 3.28. The number of benzene rings is 1. The van der Waals surface area contributed by atoms with Crippen LogP contribution in [0.2, 0.25) is 0 Å². The van der Waals surface area contributed by atoms with Gasteiger partial charge in [-0.15, -0.1) is 0 Å². The van der Waals surface area contributed by atoms with Crippen LogP contribution in [-0.2, 0) is 11.2 Å². The predicted molar refractivity (Wildman–Crippen MR) is 90.6 cm³/mol. The lowest BCUT2D eigenvalue weighted by Crippen LogP contribution is -2.27. The van der Waals surface area contributed by atoms with Crippen molar-refractivity contribution >= 4 is 11.5 Å². The molecule has 0 saturated heterocycles. The summed E-state index contributed by atoms with van der Waals surface area (Å²) in [4.78, 5) is 11.5. The first-order chi connectivity index (χ1) is 12.2. The van der Waals surface area contributed by atoms with Crippen LogP contribution in [0.3, 0.4) is 0 Å². The van der Waals surface area contributed by atoms with Crippen molar-refractivity contribution in [3.8, 4) is 11.4 Å². The highest BCUT2D eigenvalue weighted by molar-refractivity contribution is 6.05. The van der Waals surface area contributed by atoms with E-state index in [-0.39, 0.29) is 18.4 Å². The maximum atomic E-state index is 12.7. The second-order valence-corrected chi connectivity index (χ2v) is 6.06. The van der Waals surface area contributed by atoms with Crippen LogP contribution in [-0.4, -0.2) is 28.2 Å². The molecular weight excluding hydrogens is 347 g/mol. The van der Waals surface area contributed by atoms with Gasteiger partial charge in [-0.1, -0.05) is 0 Å². The van der Waals surface area contributed by atoms with E-state index in [4.69, 9.17) is 4.74 Å². The van der Waals surface area contributed by atoms with Crippen LogP contribution in [0.4, 0.5) is 13.2 Å². The standard InChI is InChI=1S/C19H18F3NO3/c1-3-26-13-6-4-12(5-7-13)23-11(2)10-15-16(23)9-8-14(17(15)24)18(25)19(20,21)22/h4-7,10,24H,3,8-9H2,1-2H3. The number of carbonyl (C=O) groups excluding carboxylic acids is 1. The first-order valence-corrected chi connectivity index (χ1v) is 8.22. The summed E-state index contributed by atoms with van der Waals surface area (Å²) >= 11 is 0. The number of aliphatic hydroxyl groups excluding tert-OH is 1. The summed E-state index contributed by atoms with van der Waals surface area (Å²) in [5.41, 5.74) is 1.95. The van der Waals surface area contributed by atoms with Crippen molar-refractivity contribution in [1.82, 2.24) is 4.57 Å². The van der Waals surface area contributed by atoms with Gasteiger partial charge < -0.3 is 14.4 Å². The highest BCUT2D eigenvalue weighted by atomic mass is 19.4. The second-order valence-electron chi connectivity index (χ2n) is 6.06. The topological polar surface area (TPSA) is 51.5 Å². The van der Waals surface area contributed by atoms with Crippen LogP contribution < -0.4 is 4.74 Å². The number of ether oxygens (including phenoxy) is 1. The van der Waals surface area contributed by atoms with Gasteiger partial charge in [0.1, 0.15) is 11.5 Å². The largest absolute Gasteiger partial charge is 0.507 e. The zero-order valence-corrected chi connectivity index (χ0v) is 14.4. The van der Waals surface area contributed by atoms with Gasteiger partial charge in [-0.3, -0.25) is 4.79 Å². The van der Waals surface area contributed by atoms with Crippen LogP contribution in [0, 0.1) is 6.92 Å². The molecule has 3 rings (SSSR count). The average Bonchev–Trinajstić information content (AvgIpc) is 2.92. The van der Waals surface area contributed by atoms with Crippen molar-refractivity contribution in [3.63, 3.8) is 0 Å². The normalized spacial score (nSPS) is 14.3. The van der Waals surface area contributed by atoms with Gasteiger partial charge in [0.05, 0.1) is 6.61 Å². The van der Waals surface area contributed by atoms with Crippen LogP contribution in [0.25, 0.3) is 11.4 Å². The molecule has 0 aliphatic heterocycles. The molecular formula is C19H18F3NO3. The number of rotatable bonds is 4. The lowest BCUT2D eigenvalue weighted by atomic mass is 9.92. The SMILES string of the molecule is CCOc1ccc(-n2c(C)cc3c2CCC(C(=O)C(F)(F)F)=C3O)cc1. The molecule has 0 amide bonds.